The summed E-state index contributed by atoms with van der Waals surface area (Å²) in [5.74, 6) is 0.685. The molecule has 0 saturated heterocycles. The zero-order valence-corrected chi connectivity index (χ0v) is 28.8. The molecule has 0 saturated carbocycles. The van der Waals surface area contributed by atoms with Gasteiger partial charge in [-0.25, -0.2) is 9.97 Å². The molecule has 10 rings (SSSR count). The van der Waals surface area contributed by atoms with Gasteiger partial charge in [0.05, 0.1) is 11.4 Å². The highest BCUT2D eigenvalue weighted by molar-refractivity contribution is 6.06. The number of nitrogens with zero attached hydrogens (tertiary/aromatic N) is 2. The third-order valence-corrected chi connectivity index (χ3v) is 10.1. The second-order valence-electron chi connectivity index (χ2n) is 13.4. The largest absolute Gasteiger partial charge is 0.456 e. The predicted molar refractivity (Wildman–Crippen MR) is 219 cm³/mol. The van der Waals surface area contributed by atoms with Gasteiger partial charge in [0.15, 0.2) is 5.82 Å². The smallest absolute Gasteiger partial charge is 0.160 e. The van der Waals surface area contributed by atoms with Gasteiger partial charge in [0, 0.05) is 27.5 Å². The molecule has 10 aromatic rings. The molecule has 0 aliphatic rings. The first-order chi connectivity index (χ1) is 26.2. The highest BCUT2D eigenvalue weighted by atomic mass is 16.3. The van der Waals surface area contributed by atoms with Crippen molar-refractivity contribution in [2.75, 3.05) is 0 Å². The van der Waals surface area contributed by atoms with Crippen LogP contribution in [-0.4, -0.2) is 9.97 Å². The molecule has 248 valence electrons. The molecule has 0 aliphatic heterocycles. The maximum absolute atomic E-state index is 6.20. The number of hydrogen-bond acceptors (Lipinski definition) is 3. The Balaban J connectivity index is 1.18. The van der Waals surface area contributed by atoms with Crippen molar-refractivity contribution in [3.63, 3.8) is 0 Å². The summed E-state index contributed by atoms with van der Waals surface area (Å²) in [6.45, 7) is 0. The summed E-state index contributed by atoms with van der Waals surface area (Å²) in [4.78, 5) is 10.4. The van der Waals surface area contributed by atoms with E-state index in [2.05, 4.69) is 170 Å². The lowest BCUT2D eigenvalue weighted by Gasteiger charge is -2.14. The summed E-state index contributed by atoms with van der Waals surface area (Å²) in [6.07, 6.45) is 0. The average molecular weight is 677 g/mol. The van der Waals surface area contributed by atoms with Gasteiger partial charge in [-0.1, -0.05) is 152 Å². The van der Waals surface area contributed by atoms with Crippen LogP contribution in [0.4, 0.5) is 0 Å². The molecule has 2 aromatic heterocycles. The molecule has 0 spiro atoms. The first-order valence-electron chi connectivity index (χ1n) is 17.9. The van der Waals surface area contributed by atoms with Crippen LogP contribution in [-0.2, 0) is 0 Å². The fourth-order valence-electron chi connectivity index (χ4n) is 7.40. The van der Waals surface area contributed by atoms with Crippen molar-refractivity contribution in [3.05, 3.63) is 194 Å². The van der Waals surface area contributed by atoms with Crippen molar-refractivity contribution in [2.24, 2.45) is 0 Å². The van der Waals surface area contributed by atoms with Crippen molar-refractivity contribution >= 4 is 32.7 Å². The van der Waals surface area contributed by atoms with Gasteiger partial charge >= 0.3 is 0 Å². The molecule has 8 aromatic carbocycles. The SMILES string of the molecule is c1ccc(-c2ccc(-c3nc(-c4ccccc4)cc(-c4cc(-c5ccc6oc7ccccc7c6c5)cc(-c5cccc6ccccc56)c4)n3)cc2)cc1. The zero-order chi connectivity index (χ0) is 35.1. The summed E-state index contributed by atoms with van der Waals surface area (Å²) in [6, 6.07) is 68.2. The van der Waals surface area contributed by atoms with Gasteiger partial charge in [-0.2, -0.15) is 0 Å². The Morgan fingerprint density at radius 1 is 0.302 bits per heavy atom. The van der Waals surface area contributed by atoms with Crippen LogP contribution in [0.5, 0.6) is 0 Å². The summed E-state index contributed by atoms with van der Waals surface area (Å²) < 4.78 is 6.20. The summed E-state index contributed by atoms with van der Waals surface area (Å²) >= 11 is 0. The summed E-state index contributed by atoms with van der Waals surface area (Å²) in [7, 11) is 0. The molecule has 0 N–H and O–H groups in total. The number of hydrogen-bond donors (Lipinski definition) is 0. The van der Waals surface area contributed by atoms with E-state index in [9.17, 15) is 0 Å². The molecule has 3 nitrogen and oxygen atoms in total. The molecule has 0 aliphatic carbocycles. The predicted octanol–water partition coefficient (Wildman–Crippen LogP) is 13.5. The minimum Gasteiger partial charge on any atom is -0.456 e. The standard InChI is InChI=1S/C50H32N2O/c1-3-12-33(13-4-1)34-22-24-37(25-23-34)50-51-46(36-15-5-2-6-16-36)32-47(52-50)41-29-39(28-40(30-41)43-20-11-17-35-14-7-8-18-42(35)43)38-26-27-49-45(31-38)44-19-9-10-21-48(44)53-49/h1-32H. The quantitative estimate of drug-likeness (QED) is 0.176. The van der Waals surface area contributed by atoms with Crippen molar-refractivity contribution < 1.29 is 4.42 Å². The number of para-hydroxylation sites is 1. The van der Waals surface area contributed by atoms with Crippen LogP contribution in [0.25, 0.3) is 100.0 Å². The van der Waals surface area contributed by atoms with Crippen LogP contribution >= 0.6 is 0 Å². The molecule has 2 heterocycles. The van der Waals surface area contributed by atoms with E-state index in [1.807, 2.05) is 24.3 Å². The molecular weight excluding hydrogens is 645 g/mol. The first-order valence-corrected chi connectivity index (χ1v) is 17.9. The van der Waals surface area contributed by atoms with E-state index in [1.54, 1.807) is 0 Å². The van der Waals surface area contributed by atoms with E-state index in [1.165, 1.54) is 21.9 Å². The molecule has 0 amide bonds. The molecule has 0 atom stereocenters. The zero-order valence-electron chi connectivity index (χ0n) is 28.8. The number of benzene rings is 8. The van der Waals surface area contributed by atoms with E-state index in [0.29, 0.717) is 5.82 Å². The van der Waals surface area contributed by atoms with Gasteiger partial charge in [0.25, 0.3) is 0 Å². The molecule has 0 radical (unpaired) electrons. The van der Waals surface area contributed by atoms with E-state index < -0.39 is 0 Å². The molecule has 3 heteroatoms. The lowest BCUT2D eigenvalue weighted by molar-refractivity contribution is 0.669. The van der Waals surface area contributed by atoms with E-state index in [-0.39, 0.29) is 0 Å². The third kappa shape index (κ3) is 5.75. The van der Waals surface area contributed by atoms with E-state index in [4.69, 9.17) is 14.4 Å². The Morgan fingerprint density at radius 3 is 1.68 bits per heavy atom. The Kier molecular flexibility index (Phi) is 7.47. The van der Waals surface area contributed by atoms with Crippen molar-refractivity contribution in [3.8, 4) is 67.3 Å². The van der Waals surface area contributed by atoms with Gasteiger partial charge in [-0.05, 0) is 86.6 Å². The number of rotatable bonds is 6. The molecule has 0 fully saturated rings. The van der Waals surface area contributed by atoms with Crippen LogP contribution < -0.4 is 0 Å². The maximum atomic E-state index is 6.20. The average Bonchev–Trinajstić information content (AvgIpc) is 3.62. The fraction of sp³-hybridized carbons (Fsp3) is 0. The normalized spacial score (nSPS) is 11.4. The maximum Gasteiger partial charge on any atom is 0.160 e. The Hall–Kier alpha value is -7.10. The van der Waals surface area contributed by atoms with Crippen LogP contribution in [0.1, 0.15) is 0 Å². The van der Waals surface area contributed by atoms with Gasteiger partial charge < -0.3 is 4.42 Å². The lowest BCUT2D eigenvalue weighted by atomic mass is 9.91. The van der Waals surface area contributed by atoms with E-state index >= 15 is 0 Å². The van der Waals surface area contributed by atoms with Gasteiger partial charge in [-0.15, -0.1) is 0 Å². The highest BCUT2D eigenvalue weighted by Gasteiger charge is 2.16. The van der Waals surface area contributed by atoms with Gasteiger partial charge in [0.1, 0.15) is 11.2 Å². The van der Waals surface area contributed by atoms with Crippen LogP contribution in [0.2, 0.25) is 0 Å². The Labute approximate surface area is 307 Å². The second-order valence-corrected chi connectivity index (χ2v) is 13.4. The van der Waals surface area contributed by atoms with E-state index in [0.717, 1.165) is 72.3 Å². The van der Waals surface area contributed by atoms with Gasteiger partial charge in [0.2, 0.25) is 0 Å². The van der Waals surface area contributed by atoms with Crippen molar-refractivity contribution in [1.82, 2.24) is 9.97 Å². The fourth-order valence-corrected chi connectivity index (χ4v) is 7.40. The first kappa shape index (κ1) is 30.7. The minimum atomic E-state index is 0.685. The molecule has 0 bridgehead atoms. The molecular formula is C50H32N2O. The van der Waals surface area contributed by atoms with Crippen LogP contribution in [0.3, 0.4) is 0 Å². The topological polar surface area (TPSA) is 38.9 Å². The number of furan rings is 1. The highest BCUT2D eigenvalue weighted by Crippen LogP contribution is 2.39. The molecule has 0 unspecified atom stereocenters. The lowest BCUT2D eigenvalue weighted by Crippen LogP contribution is -1.97. The minimum absolute atomic E-state index is 0.685. The Bertz CT molecular complexity index is 2920. The van der Waals surface area contributed by atoms with Crippen LogP contribution in [0.15, 0.2) is 199 Å². The Morgan fingerprint density at radius 2 is 0.868 bits per heavy atom. The summed E-state index contributed by atoms with van der Waals surface area (Å²) in [5.41, 5.74) is 13.4. The number of aromatic nitrogens is 2. The number of fused-ring (bicyclic) bond motifs is 4. The van der Waals surface area contributed by atoms with Crippen LogP contribution in [0, 0.1) is 0 Å². The van der Waals surface area contributed by atoms with Crippen molar-refractivity contribution in [1.29, 1.82) is 0 Å². The monoisotopic (exact) mass is 676 g/mol. The third-order valence-electron chi connectivity index (χ3n) is 10.1. The summed E-state index contributed by atoms with van der Waals surface area (Å²) in [5, 5.41) is 4.63. The van der Waals surface area contributed by atoms with Gasteiger partial charge in [-0.3, -0.25) is 0 Å². The molecule has 53 heavy (non-hydrogen) atoms. The van der Waals surface area contributed by atoms with Crippen molar-refractivity contribution in [2.45, 2.75) is 0 Å². The second kappa shape index (κ2) is 12.9.